The van der Waals surface area contributed by atoms with Crippen molar-refractivity contribution in [2.75, 3.05) is 0 Å². The van der Waals surface area contributed by atoms with Gasteiger partial charge < -0.3 is 5.32 Å². The highest BCUT2D eigenvalue weighted by molar-refractivity contribution is 9.10. The standard InChI is InChI=1S/C19H16BrF3N4O/c1-11(13-3-5-14(20)6-4-13)25-17(28)8-7-15-12(2)26-27-16(19(21,22)23)9-10-24-18(15)27/h3-11H,1-2H3,(H,25,28). The molecule has 2 heterocycles. The Labute approximate surface area is 167 Å². The van der Waals surface area contributed by atoms with Crippen LogP contribution < -0.4 is 5.32 Å². The Morgan fingerprint density at radius 1 is 1.25 bits per heavy atom. The van der Waals surface area contributed by atoms with Crippen LogP contribution in [-0.2, 0) is 11.0 Å². The fourth-order valence-electron chi connectivity index (χ4n) is 2.73. The number of hydrogen-bond donors (Lipinski definition) is 1. The molecule has 0 fully saturated rings. The minimum absolute atomic E-state index is 0.0392. The molecular weight excluding hydrogens is 437 g/mol. The minimum Gasteiger partial charge on any atom is -0.346 e. The van der Waals surface area contributed by atoms with Crippen LogP contribution in [0.25, 0.3) is 11.7 Å². The zero-order valence-corrected chi connectivity index (χ0v) is 16.5. The van der Waals surface area contributed by atoms with Crippen molar-refractivity contribution in [1.82, 2.24) is 19.9 Å². The van der Waals surface area contributed by atoms with Crippen molar-refractivity contribution in [3.05, 3.63) is 69.6 Å². The molecular formula is C19H16BrF3N4O. The Balaban J connectivity index is 1.82. The van der Waals surface area contributed by atoms with E-state index < -0.39 is 11.9 Å². The van der Waals surface area contributed by atoms with Gasteiger partial charge >= 0.3 is 6.18 Å². The van der Waals surface area contributed by atoms with Crippen molar-refractivity contribution < 1.29 is 18.0 Å². The molecule has 0 aliphatic heterocycles. The Hall–Kier alpha value is -2.68. The van der Waals surface area contributed by atoms with Gasteiger partial charge in [-0.3, -0.25) is 4.79 Å². The highest BCUT2D eigenvalue weighted by atomic mass is 79.9. The van der Waals surface area contributed by atoms with Crippen LogP contribution in [0, 0.1) is 6.92 Å². The van der Waals surface area contributed by atoms with Crippen LogP contribution in [0.5, 0.6) is 0 Å². The number of benzene rings is 1. The number of amides is 1. The molecule has 1 N–H and O–H groups in total. The number of fused-ring (bicyclic) bond motifs is 1. The zero-order valence-electron chi connectivity index (χ0n) is 15.0. The lowest BCUT2D eigenvalue weighted by Gasteiger charge is -2.12. The molecule has 0 saturated carbocycles. The second-order valence-corrected chi connectivity index (χ2v) is 7.09. The molecule has 1 unspecified atom stereocenters. The van der Waals surface area contributed by atoms with Crippen molar-refractivity contribution in [3.8, 4) is 0 Å². The van der Waals surface area contributed by atoms with Gasteiger partial charge in [-0.25, -0.2) is 9.50 Å². The highest BCUT2D eigenvalue weighted by Crippen LogP contribution is 2.30. The normalized spacial score (nSPS) is 13.2. The van der Waals surface area contributed by atoms with Gasteiger partial charge in [0, 0.05) is 22.3 Å². The number of nitrogens with one attached hydrogen (secondary N) is 1. The summed E-state index contributed by atoms with van der Waals surface area (Å²) in [5.74, 6) is -0.374. The Bertz CT molecular complexity index is 1040. The summed E-state index contributed by atoms with van der Waals surface area (Å²) in [6, 6.07) is 8.15. The van der Waals surface area contributed by atoms with Crippen LogP contribution in [0.3, 0.4) is 0 Å². The number of carbonyl (C=O) groups is 1. The van der Waals surface area contributed by atoms with Gasteiger partial charge in [-0.05, 0) is 43.7 Å². The van der Waals surface area contributed by atoms with Gasteiger partial charge in [0.05, 0.1) is 11.7 Å². The van der Waals surface area contributed by atoms with E-state index in [9.17, 15) is 18.0 Å². The lowest BCUT2D eigenvalue weighted by Crippen LogP contribution is -2.24. The first kappa shape index (κ1) is 20.1. The number of alkyl halides is 3. The van der Waals surface area contributed by atoms with Crippen LogP contribution in [0.2, 0.25) is 0 Å². The van der Waals surface area contributed by atoms with E-state index in [1.165, 1.54) is 12.2 Å². The first-order chi connectivity index (χ1) is 13.2. The van der Waals surface area contributed by atoms with Crippen molar-refractivity contribution in [1.29, 1.82) is 0 Å². The number of halogens is 4. The van der Waals surface area contributed by atoms with E-state index in [0.29, 0.717) is 11.3 Å². The largest absolute Gasteiger partial charge is 0.433 e. The maximum absolute atomic E-state index is 13.1. The predicted molar refractivity (Wildman–Crippen MR) is 102 cm³/mol. The predicted octanol–water partition coefficient (Wildman–Crippen LogP) is 4.71. The highest BCUT2D eigenvalue weighted by Gasteiger charge is 2.34. The topological polar surface area (TPSA) is 59.3 Å². The number of rotatable bonds is 4. The molecule has 1 atom stereocenters. The molecule has 0 bridgehead atoms. The summed E-state index contributed by atoms with van der Waals surface area (Å²) in [6.07, 6.45) is -0.791. The smallest absolute Gasteiger partial charge is 0.346 e. The van der Waals surface area contributed by atoms with Gasteiger partial charge in [-0.15, -0.1) is 0 Å². The van der Waals surface area contributed by atoms with E-state index in [2.05, 4.69) is 31.3 Å². The van der Waals surface area contributed by atoms with Gasteiger partial charge in [-0.2, -0.15) is 18.3 Å². The zero-order chi connectivity index (χ0) is 20.5. The quantitative estimate of drug-likeness (QED) is 0.583. The fourth-order valence-corrected chi connectivity index (χ4v) is 3.00. The summed E-state index contributed by atoms with van der Waals surface area (Å²) in [6.45, 7) is 3.41. The van der Waals surface area contributed by atoms with Gasteiger partial charge in [0.25, 0.3) is 0 Å². The summed E-state index contributed by atoms with van der Waals surface area (Å²) in [7, 11) is 0. The van der Waals surface area contributed by atoms with E-state index >= 15 is 0 Å². The van der Waals surface area contributed by atoms with Crippen LogP contribution in [0.1, 0.15) is 35.5 Å². The summed E-state index contributed by atoms with van der Waals surface area (Å²) in [4.78, 5) is 16.2. The third-order valence-corrected chi connectivity index (χ3v) is 4.69. The van der Waals surface area contributed by atoms with Crippen LogP contribution >= 0.6 is 15.9 Å². The second kappa shape index (κ2) is 7.75. The Morgan fingerprint density at radius 2 is 1.93 bits per heavy atom. The number of hydrogen-bond acceptors (Lipinski definition) is 3. The van der Waals surface area contributed by atoms with Crippen LogP contribution in [-0.4, -0.2) is 20.5 Å². The summed E-state index contributed by atoms with van der Waals surface area (Å²) >= 11 is 3.35. The van der Waals surface area contributed by atoms with Crippen molar-refractivity contribution in [2.24, 2.45) is 0 Å². The number of aromatic nitrogens is 3. The van der Waals surface area contributed by atoms with Gasteiger partial charge in [0.1, 0.15) is 5.69 Å². The van der Waals surface area contributed by atoms with Crippen molar-refractivity contribution in [2.45, 2.75) is 26.1 Å². The number of nitrogens with zero attached hydrogens (tertiary/aromatic N) is 3. The third-order valence-electron chi connectivity index (χ3n) is 4.16. The maximum Gasteiger partial charge on any atom is 0.433 e. The maximum atomic E-state index is 13.1. The average molecular weight is 453 g/mol. The molecule has 0 radical (unpaired) electrons. The first-order valence-corrected chi connectivity index (χ1v) is 9.11. The van der Waals surface area contributed by atoms with Crippen LogP contribution in [0.15, 0.2) is 47.1 Å². The van der Waals surface area contributed by atoms with Gasteiger partial charge in [-0.1, -0.05) is 28.1 Å². The lowest BCUT2D eigenvalue weighted by molar-refractivity contribution is -0.142. The number of aryl methyl sites for hydroxylation is 1. The van der Waals surface area contributed by atoms with Crippen LogP contribution in [0.4, 0.5) is 13.2 Å². The van der Waals surface area contributed by atoms with Crippen molar-refractivity contribution in [3.63, 3.8) is 0 Å². The monoisotopic (exact) mass is 452 g/mol. The second-order valence-electron chi connectivity index (χ2n) is 6.18. The molecule has 0 saturated heterocycles. The SMILES string of the molecule is Cc1nn2c(C(F)(F)F)ccnc2c1C=CC(=O)NC(C)c1ccc(Br)cc1. The molecule has 9 heteroatoms. The van der Waals surface area contributed by atoms with Crippen molar-refractivity contribution >= 4 is 33.6 Å². The Kier molecular flexibility index (Phi) is 5.55. The molecule has 0 aliphatic carbocycles. The molecule has 1 amide bonds. The fraction of sp³-hybridized carbons (Fsp3) is 0.211. The molecule has 0 spiro atoms. The summed E-state index contributed by atoms with van der Waals surface area (Å²) < 4.78 is 41.1. The van der Waals surface area contributed by atoms with E-state index in [4.69, 9.17) is 0 Å². The molecule has 3 rings (SSSR count). The number of carbonyl (C=O) groups excluding carboxylic acids is 1. The van der Waals surface area contributed by atoms with E-state index in [0.717, 1.165) is 26.8 Å². The third kappa shape index (κ3) is 4.24. The summed E-state index contributed by atoms with van der Waals surface area (Å²) in [5, 5.41) is 6.73. The molecule has 3 aromatic rings. The molecule has 28 heavy (non-hydrogen) atoms. The molecule has 146 valence electrons. The average Bonchev–Trinajstić information content (AvgIpc) is 2.94. The minimum atomic E-state index is -4.56. The van der Waals surface area contributed by atoms with Gasteiger partial charge in [0.2, 0.25) is 5.91 Å². The molecule has 1 aromatic carbocycles. The first-order valence-electron chi connectivity index (χ1n) is 8.32. The van der Waals surface area contributed by atoms with Gasteiger partial charge in [0.15, 0.2) is 5.65 Å². The van der Waals surface area contributed by atoms with E-state index in [1.807, 2.05) is 31.2 Å². The molecule has 0 aliphatic rings. The molecule has 2 aromatic heterocycles. The molecule has 5 nitrogen and oxygen atoms in total. The van der Waals surface area contributed by atoms with E-state index in [-0.39, 0.29) is 17.6 Å². The lowest BCUT2D eigenvalue weighted by atomic mass is 10.1. The van der Waals surface area contributed by atoms with E-state index in [1.54, 1.807) is 6.92 Å². The summed E-state index contributed by atoms with van der Waals surface area (Å²) in [5.41, 5.74) is 0.742. The Morgan fingerprint density at radius 3 is 2.57 bits per heavy atom.